The second kappa shape index (κ2) is 11.1. The molecule has 3 aromatic rings. The molecular weight excluding hydrogens is 434 g/mol. The van der Waals surface area contributed by atoms with Gasteiger partial charge in [0.2, 0.25) is 0 Å². The Kier molecular flexibility index (Phi) is 7.77. The Hall–Kier alpha value is -3.71. The average Bonchev–Trinajstić information content (AvgIpc) is 3.56. The molecule has 0 aromatic carbocycles. The SMILES string of the molecule is C=C(Nc1cnn(C2CCNCC2)c1)c1cnc2[nH]cc(C3=C/C(=C/C)C(=NC)C=C3)c2c1.CC. The summed E-state index contributed by atoms with van der Waals surface area (Å²) in [5.41, 5.74) is 7.87. The first-order valence-electron chi connectivity index (χ1n) is 12.4. The number of allylic oxidation sites excluding steroid dienone is 6. The summed E-state index contributed by atoms with van der Waals surface area (Å²) in [5, 5.41) is 12.4. The topological polar surface area (TPSA) is 82.9 Å². The third kappa shape index (κ3) is 5.20. The van der Waals surface area contributed by atoms with Crippen molar-refractivity contribution in [3.8, 4) is 0 Å². The zero-order valence-electron chi connectivity index (χ0n) is 21.1. The zero-order chi connectivity index (χ0) is 24.8. The summed E-state index contributed by atoms with van der Waals surface area (Å²) in [6.45, 7) is 12.4. The van der Waals surface area contributed by atoms with Crippen LogP contribution in [0.4, 0.5) is 5.69 Å². The van der Waals surface area contributed by atoms with E-state index in [9.17, 15) is 0 Å². The number of rotatable bonds is 5. The molecule has 0 saturated carbocycles. The summed E-state index contributed by atoms with van der Waals surface area (Å²) in [6, 6.07) is 2.58. The van der Waals surface area contributed by atoms with Crippen LogP contribution in [-0.2, 0) is 0 Å². The first-order valence-corrected chi connectivity index (χ1v) is 12.4. The summed E-state index contributed by atoms with van der Waals surface area (Å²) in [7, 11) is 1.82. The van der Waals surface area contributed by atoms with Crippen LogP contribution in [0.5, 0.6) is 0 Å². The lowest BCUT2D eigenvalue weighted by atomic mass is 9.94. The molecule has 0 unspecified atom stereocenters. The Morgan fingerprint density at radius 3 is 2.77 bits per heavy atom. The molecule has 1 saturated heterocycles. The highest BCUT2D eigenvalue weighted by Crippen LogP contribution is 2.31. The van der Waals surface area contributed by atoms with E-state index in [0.29, 0.717) is 6.04 Å². The predicted molar refractivity (Wildman–Crippen MR) is 148 cm³/mol. The monoisotopic (exact) mass is 469 g/mol. The molecule has 3 N–H and O–H groups in total. The molecule has 7 heteroatoms. The van der Waals surface area contributed by atoms with E-state index in [1.807, 2.05) is 46.4 Å². The number of anilines is 1. The van der Waals surface area contributed by atoms with Crippen molar-refractivity contribution in [3.63, 3.8) is 0 Å². The fourth-order valence-electron chi connectivity index (χ4n) is 4.48. The largest absolute Gasteiger partial charge is 0.353 e. The van der Waals surface area contributed by atoms with E-state index < -0.39 is 0 Å². The average molecular weight is 470 g/mol. The van der Waals surface area contributed by atoms with Gasteiger partial charge in [-0.2, -0.15) is 5.10 Å². The fourth-order valence-corrected chi connectivity index (χ4v) is 4.48. The molecular formula is C28H35N7. The van der Waals surface area contributed by atoms with Crippen LogP contribution in [0.15, 0.2) is 72.3 Å². The van der Waals surface area contributed by atoms with E-state index in [1.54, 1.807) is 0 Å². The van der Waals surface area contributed by atoms with Gasteiger partial charge in [0.15, 0.2) is 0 Å². The van der Waals surface area contributed by atoms with Crippen molar-refractivity contribution in [3.05, 3.63) is 78.4 Å². The second-order valence-electron chi connectivity index (χ2n) is 8.40. The molecule has 0 amide bonds. The molecule has 3 aromatic heterocycles. The van der Waals surface area contributed by atoms with Gasteiger partial charge in [0, 0.05) is 47.8 Å². The Labute approximate surface area is 207 Å². The van der Waals surface area contributed by atoms with Crippen molar-refractivity contribution in [1.82, 2.24) is 25.1 Å². The number of H-pyrrole nitrogens is 1. The molecule has 1 aliphatic carbocycles. The molecule has 35 heavy (non-hydrogen) atoms. The van der Waals surface area contributed by atoms with Crippen molar-refractivity contribution < 1.29 is 0 Å². The molecule has 5 rings (SSSR count). The molecule has 0 bridgehead atoms. The third-order valence-electron chi connectivity index (χ3n) is 6.35. The maximum absolute atomic E-state index is 4.63. The Morgan fingerprint density at radius 1 is 1.23 bits per heavy atom. The smallest absolute Gasteiger partial charge is 0.137 e. The van der Waals surface area contributed by atoms with Crippen LogP contribution < -0.4 is 10.6 Å². The van der Waals surface area contributed by atoms with Crippen molar-refractivity contribution >= 4 is 33.7 Å². The summed E-state index contributed by atoms with van der Waals surface area (Å²) in [4.78, 5) is 12.3. The van der Waals surface area contributed by atoms with Crippen LogP contribution in [-0.4, -0.2) is 45.6 Å². The lowest BCUT2D eigenvalue weighted by Crippen LogP contribution is -2.29. The normalized spacial score (nSPS) is 18.5. The lowest BCUT2D eigenvalue weighted by Gasteiger charge is -2.22. The number of aromatic amines is 1. The summed E-state index contributed by atoms with van der Waals surface area (Å²) in [5.74, 6) is 0. The maximum Gasteiger partial charge on any atom is 0.137 e. The second-order valence-corrected chi connectivity index (χ2v) is 8.40. The highest BCUT2D eigenvalue weighted by molar-refractivity contribution is 6.15. The number of hydrogen-bond donors (Lipinski definition) is 3. The maximum atomic E-state index is 4.63. The summed E-state index contributed by atoms with van der Waals surface area (Å²) >= 11 is 0. The number of fused-ring (bicyclic) bond motifs is 1. The summed E-state index contributed by atoms with van der Waals surface area (Å²) < 4.78 is 2.07. The number of aliphatic imine (C=N–C) groups is 1. The zero-order valence-corrected chi connectivity index (χ0v) is 21.1. The van der Waals surface area contributed by atoms with E-state index in [-0.39, 0.29) is 0 Å². The van der Waals surface area contributed by atoms with E-state index in [0.717, 1.165) is 76.3 Å². The van der Waals surface area contributed by atoms with E-state index in [2.05, 4.69) is 78.5 Å². The number of piperidine rings is 1. The lowest BCUT2D eigenvalue weighted by molar-refractivity contribution is 0.343. The van der Waals surface area contributed by atoms with Crippen LogP contribution in [0.2, 0.25) is 0 Å². The minimum atomic E-state index is 0.452. The molecule has 4 heterocycles. The van der Waals surface area contributed by atoms with Crippen molar-refractivity contribution in [1.29, 1.82) is 0 Å². The number of pyridine rings is 1. The number of nitrogens with zero attached hydrogens (tertiary/aromatic N) is 4. The van der Waals surface area contributed by atoms with Gasteiger partial charge in [-0.3, -0.25) is 9.67 Å². The van der Waals surface area contributed by atoms with Gasteiger partial charge >= 0.3 is 0 Å². The minimum Gasteiger partial charge on any atom is -0.353 e. The first-order chi connectivity index (χ1) is 17.2. The molecule has 0 spiro atoms. The Balaban J connectivity index is 0.00000141. The molecule has 7 nitrogen and oxygen atoms in total. The van der Waals surface area contributed by atoms with Crippen LogP contribution >= 0.6 is 0 Å². The van der Waals surface area contributed by atoms with Crippen LogP contribution in [0.1, 0.15) is 50.8 Å². The van der Waals surface area contributed by atoms with Crippen molar-refractivity contribution in [2.24, 2.45) is 4.99 Å². The highest BCUT2D eigenvalue weighted by Gasteiger charge is 2.17. The summed E-state index contributed by atoms with van der Waals surface area (Å²) in [6.07, 6.45) is 18.4. The first kappa shape index (κ1) is 24.4. The number of nitrogens with one attached hydrogen (secondary N) is 3. The number of hydrogen-bond acceptors (Lipinski definition) is 5. The molecule has 1 aliphatic heterocycles. The van der Waals surface area contributed by atoms with E-state index >= 15 is 0 Å². The van der Waals surface area contributed by atoms with Gasteiger partial charge in [0.25, 0.3) is 0 Å². The molecule has 1 fully saturated rings. The van der Waals surface area contributed by atoms with Gasteiger partial charge in [-0.25, -0.2) is 4.98 Å². The Bertz CT molecular complexity index is 1310. The molecule has 182 valence electrons. The van der Waals surface area contributed by atoms with Gasteiger partial charge in [-0.15, -0.1) is 0 Å². The van der Waals surface area contributed by atoms with Gasteiger partial charge in [0.05, 0.1) is 23.6 Å². The van der Waals surface area contributed by atoms with Gasteiger partial charge in [-0.1, -0.05) is 32.6 Å². The van der Waals surface area contributed by atoms with E-state index in [1.165, 1.54) is 0 Å². The quantitative estimate of drug-likeness (QED) is 0.443. The van der Waals surface area contributed by atoms with Crippen LogP contribution in [0.25, 0.3) is 22.3 Å². The van der Waals surface area contributed by atoms with Gasteiger partial charge in [0.1, 0.15) is 5.65 Å². The van der Waals surface area contributed by atoms with E-state index in [4.69, 9.17) is 0 Å². The van der Waals surface area contributed by atoms with Crippen LogP contribution in [0.3, 0.4) is 0 Å². The predicted octanol–water partition coefficient (Wildman–Crippen LogP) is 5.76. The molecule has 0 atom stereocenters. The number of aromatic nitrogens is 4. The van der Waals surface area contributed by atoms with Gasteiger partial charge < -0.3 is 15.6 Å². The molecule has 2 aliphatic rings. The highest BCUT2D eigenvalue weighted by atomic mass is 15.3. The van der Waals surface area contributed by atoms with Crippen molar-refractivity contribution in [2.45, 2.75) is 39.7 Å². The Morgan fingerprint density at radius 2 is 2.03 bits per heavy atom. The minimum absolute atomic E-state index is 0.452. The third-order valence-corrected chi connectivity index (χ3v) is 6.35. The van der Waals surface area contributed by atoms with Crippen LogP contribution in [0, 0.1) is 0 Å². The van der Waals surface area contributed by atoms with Gasteiger partial charge in [-0.05, 0) is 62.2 Å². The fraction of sp³-hybridized carbons (Fsp3) is 0.321. The van der Waals surface area contributed by atoms with Crippen molar-refractivity contribution in [2.75, 3.05) is 25.5 Å². The molecule has 0 radical (unpaired) electrons. The standard InChI is InChI=1S/C26H29N7.C2H6/c1-4-18-11-19(5-6-25(18)27-3)24-15-30-26-23(24)12-20(13-29-26)17(2)32-21-14-31-33(16-21)22-7-9-28-10-8-22;1-2/h4-6,11-16,22,28,32H,2,7-10H2,1,3H3,(H,29,30);1-2H3/b18-4-,27-25?;.